The van der Waals surface area contributed by atoms with Crippen LogP contribution in [-0.2, 0) is 0 Å². The first-order valence-corrected chi connectivity index (χ1v) is 7.18. The average Bonchev–Trinajstić information content (AvgIpc) is 2.78. The minimum Gasteiger partial charge on any atom is -0.295 e. The number of hydrogen-bond donors (Lipinski definition) is 0. The smallest absolute Gasteiger partial charge is 0.176 e. The third kappa shape index (κ3) is 3.66. The largest absolute Gasteiger partial charge is 0.295 e. The van der Waals surface area contributed by atoms with Crippen molar-refractivity contribution in [1.82, 2.24) is 4.90 Å². The van der Waals surface area contributed by atoms with Gasteiger partial charge >= 0.3 is 0 Å². The molecule has 1 aromatic carbocycles. The highest BCUT2D eigenvalue weighted by atomic mass is 16.1. The molecule has 19 heavy (non-hydrogen) atoms. The van der Waals surface area contributed by atoms with Crippen LogP contribution < -0.4 is 0 Å². The van der Waals surface area contributed by atoms with Gasteiger partial charge in [-0.15, -0.1) is 0 Å². The number of Topliss-reactive ketones (excluding diaryl/α,β-unsaturated/α-hetero) is 1. The summed E-state index contributed by atoms with van der Waals surface area (Å²) in [7, 11) is 0. The predicted molar refractivity (Wildman–Crippen MR) is 79.5 cm³/mol. The monoisotopic (exact) mass is 259 g/mol. The van der Waals surface area contributed by atoms with Gasteiger partial charge in [0.15, 0.2) is 5.78 Å². The minimum absolute atomic E-state index is 0.245. The van der Waals surface area contributed by atoms with Crippen LogP contribution in [0.4, 0.5) is 0 Å². The predicted octanol–water partition coefficient (Wildman–Crippen LogP) is 3.55. The molecule has 1 aliphatic heterocycles. The highest BCUT2D eigenvalue weighted by molar-refractivity contribution is 5.97. The second kappa shape index (κ2) is 5.46. The maximum Gasteiger partial charge on any atom is 0.176 e. The van der Waals surface area contributed by atoms with Crippen molar-refractivity contribution in [2.45, 2.75) is 34.1 Å². The summed E-state index contributed by atoms with van der Waals surface area (Å²) in [6.45, 7) is 11.6. The highest BCUT2D eigenvalue weighted by Crippen LogP contribution is 2.33. The molecule has 1 unspecified atom stereocenters. The molecule has 2 rings (SSSR count). The van der Waals surface area contributed by atoms with Crippen molar-refractivity contribution in [2.24, 2.45) is 11.3 Å². The maximum atomic E-state index is 12.2. The molecule has 0 N–H and O–H groups in total. The van der Waals surface area contributed by atoms with Crippen LogP contribution >= 0.6 is 0 Å². The zero-order valence-corrected chi connectivity index (χ0v) is 12.6. The summed E-state index contributed by atoms with van der Waals surface area (Å²) in [4.78, 5) is 14.5. The lowest BCUT2D eigenvalue weighted by molar-refractivity contribution is 0.0938. The fourth-order valence-electron chi connectivity index (χ4n) is 2.72. The van der Waals surface area contributed by atoms with E-state index in [0.717, 1.165) is 18.7 Å². The van der Waals surface area contributed by atoms with Crippen LogP contribution in [0.15, 0.2) is 24.3 Å². The van der Waals surface area contributed by atoms with Crippen molar-refractivity contribution in [1.29, 1.82) is 0 Å². The first-order valence-electron chi connectivity index (χ1n) is 7.18. The summed E-state index contributed by atoms with van der Waals surface area (Å²) in [5.41, 5.74) is 2.39. The number of aryl methyl sites for hydroxylation is 1. The van der Waals surface area contributed by atoms with Crippen LogP contribution in [0.5, 0.6) is 0 Å². The SMILES string of the molecule is Cc1ccc(C(=O)CN2CCC(C(C)(C)C)C2)cc1. The molecule has 1 heterocycles. The number of benzene rings is 1. The van der Waals surface area contributed by atoms with Crippen molar-refractivity contribution >= 4 is 5.78 Å². The summed E-state index contributed by atoms with van der Waals surface area (Å²) < 4.78 is 0. The molecule has 1 aliphatic rings. The fourth-order valence-corrected chi connectivity index (χ4v) is 2.72. The molecule has 1 fully saturated rings. The molecule has 0 amide bonds. The van der Waals surface area contributed by atoms with Crippen LogP contribution in [-0.4, -0.2) is 30.3 Å². The molecule has 104 valence electrons. The van der Waals surface area contributed by atoms with E-state index in [4.69, 9.17) is 0 Å². The summed E-state index contributed by atoms with van der Waals surface area (Å²) in [6, 6.07) is 7.90. The van der Waals surface area contributed by atoms with E-state index in [0.29, 0.717) is 17.9 Å². The molecule has 1 atom stereocenters. The Morgan fingerprint density at radius 2 is 1.89 bits per heavy atom. The van der Waals surface area contributed by atoms with Gasteiger partial charge in [-0.1, -0.05) is 50.6 Å². The van der Waals surface area contributed by atoms with Crippen molar-refractivity contribution in [3.8, 4) is 0 Å². The lowest BCUT2D eigenvalue weighted by Crippen LogP contribution is -2.30. The van der Waals surface area contributed by atoms with Gasteiger partial charge in [0.25, 0.3) is 0 Å². The van der Waals surface area contributed by atoms with Crippen molar-refractivity contribution < 1.29 is 4.79 Å². The van der Waals surface area contributed by atoms with Crippen molar-refractivity contribution in [3.05, 3.63) is 35.4 Å². The first-order chi connectivity index (χ1) is 8.86. The Hall–Kier alpha value is -1.15. The second-order valence-electron chi connectivity index (χ2n) is 6.88. The van der Waals surface area contributed by atoms with Crippen LogP contribution in [0.3, 0.4) is 0 Å². The van der Waals surface area contributed by atoms with Crippen LogP contribution in [0.25, 0.3) is 0 Å². The molecule has 2 heteroatoms. The number of carbonyl (C=O) groups excluding carboxylic acids is 1. The molecule has 0 radical (unpaired) electrons. The topological polar surface area (TPSA) is 20.3 Å². The van der Waals surface area contributed by atoms with Gasteiger partial charge in [-0.05, 0) is 31.2 Å². The lowest BCUT2D eigenvalue weighted by atomic mass is 9.80. The summed E-state index contributed by atoms with van der Waals surface area (Å²) in [5.74, 6) is 0.952. The standard InChI is InChI=1S/C17H25NO/c1-13-5-7-14(8-6-13)16(19)12-18-10-9-15(11-18)17(2,3)4/h5-8,15H,9-12H2,1-4H3. The number of hydrogen-bond acceptors (Lipinski definition) is 2. The van der Waals surface area contributed by atoms with E-state index in [1.807, 2.05) is 31.2 Å². The first kappa shape index (κ1) is 14.3. The zero-order chi connectivity index (χ0) is 14.0. The number of ketones is 1. The molecule has 2 nitrogen and oxygen atoms in total. The number of likely N-dealkylation sites (tertiary alicyclic amines) is 1. The quantitative estimate of drug-likeness (QED) is 0.774. The van der Waals surface area contributed by atoms with Gasteiger partial charge in [0.2, 0.25) is 0 Å². The van der Waals surface area contributed by atoms with Gasteiger partial charge in [0.1, 0.15) is 0 Å². The summed E-state index contributed by atoms with van der Waals surface area (Å²) in [6.07, 6.45) is 1.21. The van der Waals surface area contributed by atoms with Crippen molar-refractivity contribution in [2.75, 3.05) is 19.6 Å². The maximum absolute atomic E-state index is 12.2. The Balaban J connectivity index is 1.92. The molecular weight excluding hydrogens is 234 g/mol. The van der Waals surface area contributed by atoms with E-state index in [-0.39, 0.29) is 5.78 Å². The molecule has 0 aliphatic carbocycles. The molecule has 1 aromatic rings. The van der Waals surface area contributed by atoms with Gasteiger partial charge < -0.3 is 0 Å². The molecule has 0 saturated carbocycles. The molecule has 0 spiro atoms. The molecular formula is C17H25NO. The minimum atomic E-state index is 0.245. The van der Waals surface area contributed by atoms with Crippen molar-refractivity contribution in [3.63, 3.8) is 0 Å². The van der Waals surface area contributed by atoms with Crippen LogP contribution in [0.2, 0.25) is 0 Å². The van der Waals surface area contributed by atoms with E-state index in [1.54, 1.807) is 0 Å². The number of carbonyl (C=O) groups is 1. The Morgan fingerprint density at radius 1 is 1.26 bits per heavy atom. The van der Waals surface area contributed by atoms with E-state index < -0.39 is 0 Å². The third-order valence-electron chi connectivity index (χ3n) is 4.24. The lowest BCUT2D eigenvalue weighted by Gasteiger charge is -2.27. The van der Waals surface area contributed by atoms with Gasteiger partial charge in [0.05, 0.1) is 6.54 Å². The van der Waals surface area contributed by atoms with E-state index in [1.165, 1.54) is 12.0 Å². The van der Waals surface area contributed by atoms with E-state index in [9.17, 15) is 4.79 Å². The molecule has 0 aromatic heterocycles. The zero-order valence-electron chi connectivity index (χ0n) is 12.6. The van der Waals surface area contributed by atoms with Gasteiger partial charge in [0, 0.05) is 12.1 Å². The molecule has 0 bridgehead atoms. The highest BCUT2D eigenvalue weighted by Gasteiger charge is 2.32. The Labute approximate surface area is 116 Å². The van der Waals surface area contributed by atoms with Gasteiger partial charge in [-0.3, -0.25) is 9.69 Å². The Bertz CT molecular complexity index is 441. The second-order valence-corrected chi connectivity index (χ2v) is 6.88. The number of nitrogens with zero attached hydrogens (tertiary/aromatic N) is 1. The Kier molecular flexibility index (Phi) is 4.10. The third-order valence-corrected chi connectivity index (χ3v) is 4.24. The number of rotatable bonds is 3. The summed E-state index contributed by atoms with van der Waals surface area (Å²) >= 11 is 0. The van der Waals surface area contributed by atoms with Gasteiger partial charge in [-0.2, -0.15) is 0 Å². The Morgan fingerprint density at radius 3 is 2.42 bits per heavy atom. The summed E-state index contributed by atoms with van der Waals surface area (Å²) in [5, 5.41) is 0. The van der Waals surface area contributed by atoms with E-state index in [2.05, 4.69) is 25.7 Å². The fraction of sp³-hybridized carbons (Fsp3) is 0.588. The molecule has 1 saturated heterocycles. The normalized spacial score (nSPS) is 20.7. The van der Waals surface area contributed by atoms with Gasteiger partial charge in [-0.25, -0.2) is 0 Å². The van der Waals surface area contributed by atoms with Crippen LogP contribution in [0, 0.1) is 18.3 Å². The van der Waals surface area contributed by atoms with E-state index >= 15 is 0 Å². The van der Waals surface area contributed by atoms with Crippen LogP contribution in [0.1, 0.15) is 43.1 Å². The average molecular weight is 259 g/mol.